The number of rotatable bonds is 4. The molecule has 2 heterocycles. The number of hydrogen-bond donors (Lipinski definition) is 3. The lowest BCUT2D eigenvalue weighted by Gasteiger charge is -2.33. The van der Waals surface area contributed by atoms with Crippen molar-refractivity contribution >= 4 is 19.1 Å². The molecule has 1 unspecified atom stereocenters. The van der Waals surface area contributed by atoms with E-state index < -0.39 is 30.8 Å². The van der Waals surface area contributed by atoms with Gasteiger partial charge in [-0.2, -0.15) is 0 Å². The molecule has 5 atom stereocenters. The standard InChI is InChI=1S/C16H26NO4P/c1-10-11(6-7-13(18)17-10)15-16(2,20)14(19)12(21-15)8-9-22(3,4)5/h6-7,11-12,14-15,19-20H,1,3,8-9H2,2,4-5H3,(H,17,18)/t11?,12-,14-,15+,16-/m1/s1. The van der Waals surface area contributed by atoms with Crippen molar-refractivity contribution in [2.24, 2.45) is 5.92 Å². The van der Waals surface area contributed by atoms with Crippen molar-refractivity contribution in [3.63, 3.8) is 0 Å². The molecule has 3 N–H and O–H groups in total. The van der Waals surface area contributed by atoms with E-state index in [2.05, 4.69) is 31.5 Å². The Kier molecular flexibility index (Phi) is 4.74. The molecule has 0 saturated carbocycles. The number of amides is 1. The minimum absolute atomic E-state index is 0.236. The van der Waals surface area contributed by atoms with Crippen molar-refractivity contribution in [2.45, 2.75) is 37.3 Å². The molecule has 1 amide bonds. The van der Waals surface area contributed by atoms with Crippen molar-refractivity contribution in [2.75, 3.05) is 19.5 Å². The normalized spacial score (nSPS) is 39.1. The van der Waals surface area contributed by atoms with Gasteiger partial charge >= 0.3 is 0 Å². The van der Waals surface area contributed by atoms with E-state index in [-0.39, 0.29) is 11.8 Å². The maximum absolute atomic E-state index is 11.3. The number of carbonyl (C=O) groups excluding carboxylic acids is 1. The molecule has 0 spiro atoms. The number of hydrogen-bond acceptors (Lipinski definition) is 4. The summed E-state index contributed by atoms with van der Waals surface area (Å²) in [6.07, 6.45) is 6.75. The van der Waals surface area contributed by atoms with Gasteiger partial charge in [-0.25, -0.2) is 0 Å². The van der Waals surface area contributed by atoms with Crippen LogP contribution in [0.15, 0.2) is 24.4 Å². The van der Waals surface area contributed by atoms with Crippen LogP contribution < -0.4 is 5.32 Å². The van der Waals surface area contributed by atoms with Crippen LogP contribution in [0, 0.1) is 5.92 Å². The van der Waals surface area contributed by atoms with Gasteiger partial charge in [0.1, 0.15) is 17.8 Å². The largest absolute Gasteiger partial charge is 0.387 e. The van der Waals surface area contributed by atoms with Crippen LogP contribution in [-0.2, 0) is 9.53 Å². The predicted octanol–water partition coefficient (Wildman–Crippen LogP) is 0.781. The maximum atomic E-state index is 11.3. The predicted molar refractivity (Wildman–Crippen MR) is 90.6 cm³/mol. The molecule has 6 heteroatoms. The molecule has 0 aromatic heterocycles. The zero-order chi connectivity index (χ0) is 16.7. The number of aliphatic hydroxyl groups is 2. The molecule has 2 aliphatic heterocycles. The van der Waals surface area contributed by atoms with E-state index in [0.29, 0.717) is 12.1 Å². The Bertz CT molecular complexity index is 548. The van der Waals surface area contributed by atoms with Gasteiger partial charge in [-0.05, 0) is 32.8 Å². The Labute approximate surface area is 132 Å². The topological polar surface area (TPSA) is 78.8 Å². The van der Waals surface area contributed by atoms with Gasteiger partial charge in [-0.15, -0.1) is 13.2 Å². The summed E-state index contributed by atoms with van der Waals surface area (Å²) in [6, 6.07) is 0. The lowest BCUT2D eigenvalue weighted by atomic mass is 9.82. The molecule has 5 nitrogen and oxygen atoms in total. The molecule has 2 rings (SSSR count). The van der Waals surface area contributed by atoms with E-state index in [0.717, 1.165) is 6.16 Å². The first kappa shape index (κ1) is 17.5. The van der Waals surface area contributed by atoms with Crippen LogP contribution in [0.1, 0.15) is 13.3 Å². The van der Waals surface area contributed by atoms with Crippen molar-refractivity contribution < 1.29 is 19.7 Å². The van der Waals surface area contributed by atoms with E-state index in [1.807, 2.05) is 0 Å². The number of ether oxygens (including phenoxy) is 1. The van der Waals surface area contributed by atoms with Crippen LogP contribution in [0.3, 0.4) is 0 Å². The first-order valence-corrected chi connectivity index (χ1v) is 10.5. The van der Waals surface area contributed by atoms with Crippen LogP contribution in [0.5, 0.6) is 0 Å². The summed E-state index contributed by atoms with van der Waals surface area (Å²) in [5.74, 6) is -0.588. The van der Waals surface area contributed by atoms with Crippen molar-refractivity contribution in [1.82, 2.24) is 5.32 Å². The Morgan fingerprint density at radius 1 is 1.50 bits per heavy atom. The fourth-order valence-electron chi connectivity index (χ4n) is 2.97. The molecule has 124 valence electrons. The second kappa shape index (κ2) is 5.97. The lowest BCUT2D eigenvalue weighted by Crippen LogP contribution is -2.49. The average molecular weight is 327 g/mol. The molecule has 0 aromatic carbocycles. The summed E-state index contributed by atoms with van der Waals surface area (Å²) >= 11 is 0. The molecule has 0 bridgehead atoms. The second-order valence-corrected chi connectivity index (χ2v) is 11.4. The highest BCUT2D eigenvalue weighted by Crippen LogP contribution is 2.42. The van der Waals surface area contributed by atoms with E-state index >= 15 is 0 Å². The Balaban J connectivity index is 2.16. The van der Waals surface area contributed by atoms with Gasteiger partial charge in [-0.1, -0.05) is 12.7 Å². The van der Waals surface area contributed by atoms with Gasteiger partial charge in [-0.3, -0.25) is 4.79 Å². The number of carbonyl (C=O) groups is 1. The minimum Gasteiger partial charge on any atom is -0.387 e. The monoisotopic (exact) mass is 327 g/mol. The van der Waals surface area contributed by atoms with Crippen LogP contribution >= 0.6 is 6.89 Å². The summed E-state index contributed by atoms with van der Waals surface area (Å²) in [6.45, 7) is 8.45. The minimum atomic E-state index is -1.39. The Morgan fingerprint density at radius 2 is 2.14 bits per heavy atom. The highest BCUT2D eigenvalue weighted by molar-refractivity contribution is 7.72. The van der Waals surface area contributed by atoms with Gasteiger partial charge in [0.05, 0.1) is 6.10 Å². The van der Waals surface area contributed by atoms with Crippen molar-refractivity contribution in [1.29, 1.82) is 0 Å². The smallest absolute Gasteiger partial charge is 0.247 e. The fraction of sp³-hybridized carbons (Fsp3) is 0.625. The highest BCUT2D eigenvalue weighted by atomic mass is 31.2. The maximum Gasteiger partial charge on any atom is 0.247 e. The highest BCUT2D eigenvalue weighted by Gasteiger charge is 2.54. The first-order valence-electron chi connectivity index (χ1n) is 7.43. The summed E-state index contributed by atoms with van der Waals surface area (Å²) < 4.78 is 5.96. The van der Waals surface area contributed by atoms with Gasteiger partial charge in [0, 0.05) is 17.7 Å². The van der Waals surface area contributed by atoms with Gasteiger partial charge < -0.3 is 20.3 Å². The Hall–Kier alpha value is -0.870. The van der Waals surface area contributed by atoms with Crippen LogP contribution in [-0.4, -0.2) is 65.8 Å². The number of aliphatic hydroxyl groups excluding tert-OH is 1. The number of nitrogens with one attached hydrogen (secondary N) is 1. The van der Waals surface area contributed by atoms with Crippen molar-refractivity contribution in [3.05, 3.63) is 24.4 Å². The van der Waals surface area contributed by atoms with Crippen molar-refractivity contribution in [3.8, 4) is 0 Å². The van der Waals surface area contributed by atoms with Crippen LogP contribution in [0.4, 0.5) is 0 Å². The van der Waals surface area contributed by atoms with E-state index in [1.165, 1.54) is 6.08 Å². The molecule has 1 fully saturated rings. The molecule has 0 aliphatic carbocycles. The van der Waals surface area contributed by atoms with Gasteiger partial charge in [0.25, 0.3) is 0 Å². The molecule has 0 aromatic rings. The van der Waals surface area contributed by atoms with Gasteiger partial charge in [0.15, 0.2) is 0 Å². The SMILES string of the molecule is C=C1NC(=O)C=CC1[C@@H]1O[C@H](CCP(=C)(C)C)[C@@H](O)[C@@]1(C)O. The summed E-state index contributed by atoms with van der Waals surface area (Å²) in [5, 5.41) is 23.8. The molecule has 22 heavy (non-hydrogen) atoms. The molecular weight excluding hydrogens is 301 g/mol. The van der Waals surface area contributed by atoms with Crippen LogP contribution in [0.25, 0.3) is 0 Å². The molecular formula is C16H26NO4P. The molecule has 1 saturated heterocycles. The van der Waals surface area contributed by atoms with Crippen LogP contribution in [0.2, 0.25) is 0 Å². The second-order valence-electron chi connectivity index (χ2n) is 7.11. The van der Waals surface area contributed by atoms with E-state index in [1.54, 1.807) is 13.0 Å². The third-order valence-corrected chi connectivity index (χ3v) is 5.80. The summed E-state index contributed by atoms with van der Waals surface area (Å²) in [4.78, 5) is 11.3. The fourth-order valence-corrected chi connectivity index (χ4v) is 3.92. The van der Waals surface area contributed by atoms with Gasteiger partial charge in [0.2, 0.25) is 5.91 Å². The summed E-state index contributed by atoms with van der Waals surface area (Å²) in [5.41, 5.74) is -0.912. The van der Waals surface area contributed by atoms with E-state index in [4.69, 9.17) is 4.74 Å². The summed E-state index contributed by atoms with van der Waals surface area (Å²) in [7, 11) is 0. The third kappa shape index (κ3) is 3.54. The average Bonchev–Trinajstić information content (AvgIpc) is 2.59. The quantitative estimate of drug-likeness (QED) is 0.667. The Morgan fingerprint density at radius 3 is 2.68 bits per heavy atom. The first-order chi connectivity index (χ1) is 10.0. The molecule has 0 radical (unpaired) electrons. The third-order valence-electron chi connectivity index (χ3n) is 4.33. The zero-order valence-electron chi connectivity index (χ0n) is 13.5. The lowest BCUT2D eigenvalue weighted by molar-refractivity contribution is -0.117. The molecule has 2 aliphatic rings. The van der Waals surface area contributed by atoms with E-state index in [9.17, 15) is 15.0 Å². The zero-order valence-corrected chi connectivity index (χ0v) is 14.3.